The molecule has 1 N–H and O–H groups in total. The maximum atomic E-state index is 13.4. The van der Waals surface area contributed by atoms with Crippen LogP contribution < -0.4 is 15.6 Å². The average Bonchev–Trinajstić information content (AvgIpc) is 3.67. The van der Waals surface area contributed by atoms with Crippen LogP contribution in [0.3, 0.4) is 0 Å². The molecule has 1 fully saturated rings. The number of hydrogen-bond acceptors (Lipinski definition) is 9. The van der Waals surface area contributed by atoms with Gasteiger partial charge < -0.3 is 19.5 Å². The number of amides is 1. The summed E-state index contributed by atoms with van der Waals surface area (Å²) < 4.78 is 18.0. The van der Waals surface area contributed by atoms with Gasteiger partial charge in [-0.15, -0.1) is 0 Å². The molecule has 0 bridgehead atoms. The number of methoxy groups -OCH3 is 1. The van der Waals surface area contributed by atoms with Crippen LogP contribution >= 0.6 is 11.6 Å². The number of nitrogens with zero attached hydrogens (tertiary/aromatic N) is 3. The number of anilines is 1. The molecule has 12 heteroatoms. The molecule has 2 atom stereocenters. The van der Waals surface area contributed by atoms with Gasteiger partial charge in [-0.2, -0.15) is 5.26 Å². The highest BCUT2D eigenvalue weighted by molar-refractivity contribution is 6.31. The van der Waals surface area contributed by atoms with Crippen LogP contribution in [0.5, 0.6) is 5.75 Å². The number of nitrogens with one attached hydrogen (secondary N) is 1. The summed E-state index contributed by atoms with van der Waals surface area (Å²) in [6.45, 7) is 3.17. The van der Waals surface area contributed by atoms with Crippen molar-refractivity contribution < 1.29 is 28.6 Å². The van der Waals surface area contributed by atoms with E-state index in [-0.39, 0.29) is 30.9 Å². The van der Waals surface area contributed by atoms with E-state index in [1.165, 1.54) is 36.1 Å². The number of rotatable bonds is 13. The Morgan fingerprint density at radius 2 is 1.66 bits per heavy atom. The predicted octanol–water partition coefficient (Wildman–Crippen LogP) is 6.00. The molecule has 3 aromatic carbocycles. The van der Waals surface area contributed by atoms with Gasteiger partial charge in [0.05, 0.1) is 30.5 Å². The minimum Gasteiger partial charge on any atom is -0.495 e. The summed E-state index contributed by atoms with van der Waals surface area (Å²) in [7, 11) is 1.43. The second-order valence-corrected chi connectivity index (χ2v) is 12.2. The van der Waals surface area contributed by atoms with E-state index in [4.69, 9.17) is 25.8 Å². The SMILES string of the molecule is CCC(C(=O)Nc1ccc(C(=O)OC[C@@H](C(=O)OCc2ccccc2)N2CCCC2)cc1)n1cc(OC)c(-c2cc(Cl)ccc2C#N)cc1=O. The number of ether oxygens (including phenoxy) is 3. The normalized spacial score (nSPS) is 13.9. The number of likely N-dealkylation sites (tertiary alicyclic amines) is 1. The van der Waals surface area contributed by atoms with Crippen LogP contribution in [0.15, 0.2) is 89.9 Å². The molecule has 2 heterocycles. The van der Waals surface area contributed by atoms with Crippen LogP contribution in [0.25, 0.3) is 11.1 Å². The molecule has 258 valence electrons. The Hall–Kier alpha value is -5.44. The van der Waals surface area contributed by atoms with Gasteiger partial charge in [-0.25, -0.2) is 4.79 Å². The first-order valence-corrected chi connectivity index (χ1v) is 16.6. The van der Waals surface area contributed by atoms with Gasteiger partial charge in [0, 0.05) is 27.9 Å². The monoisotopic (exact) mass is 696 g/mol. The zero-order chi connectivity index (χ0) is 35.6. The van der Waals surface area contributed by atoms with Gasteiger partial charge in [0.25, 0.3) is 5.56 Å². The maximum absolute atomic E-state index is 13.4. The maximum Gasteiger partial charge on any atom is 0.338 e. The number of halogens is 1. The predicted molar refractivity (Wildman–Crippen MR) is 188 cm³/mol. The molecule has 0 aliphatic carbocycles. The summed E-state index contributed by atoms with van der Waals surface area (Å²) in [5.74, 6) is -1.24. The van der Waals surface area contributed by atoms with Crippen molar-refractivity contribution in [3.8, 4) is 22.9 Å². The Bertz CT molecular complexity index is 1930. The number of carbonyl (C=O) groups excluding carboxylic acids is 3. The smallest absolute Gasteiger partial charge is 0.338 e. The zero-order valence-electron chi connectivity index (χ0n) is 27.8. The van der Waals surface area contributed by atoms with Gasteiger partial charge in [0.2, 0.25) is 5.91 Å². The lowest BCUT2D eigenvalue weighted by Crippen LogP contribution is -2.44. The molecule has 4 aromatic rings. The van der Waals surface area contributed by atoms with Crippen molar-refractivity contribution in [3.05, 3.63) is 117 Å². The van der Waals surface area contributed by atoms with Crippen molar-refractivity contribution >= 4 is 35.1 Å². The van der Waals surface area contributed by atoms with Crippen molar-refractivity contribution in [1.29, 1.82) is 5.26 Å². The largest absolute Gasteiger partial charge is 0.495 e. The number of benzene rings is 3. The summed E-state index contributed by atoms with van der Waals surface area (Å²) in [5.41, 5.74) is 2.16. The van der Waals surface area contributed by atoms with E-state index in [2.05, 4.69) is 11.4 Å². The van der Waals surface area contributed by atoms with Crippen LogP contribution in [-0.2, 0) is 25.7 Å². The fraction of sp³-hybridized carbons (Fsp3) is 0.289. The molecular formula is C38H37ClN4O7. The number of aromatic nitrogens is 1. The molecule has 0 saturated carbocycles. The minimum absolute atomic E-state index is 0.129. The summed E-state index contributed by atoms with van der Waals surface area (Å²) in [5, 5.41) is 12.8. The van der Waals surface area contributed by atoms with E-state index in [1.54, 1.807) is 37.3 Å². The highest BCUT2D eigenvalue weighted by Crippen LogP contribution is 2.33. The van der Waals surface area contributed by atoms with Crippen LogP contribution in [0.4, 0.5) is 5.69 Å². The fourth-order valence-electron chi connectivity index (χ4n) is 5.84. The lowest BCUT2D eigenvalue weighted by atomic mass is 10.00. The Kier molecular flexibility index (Phi) is 12.0. The van der Waals surface area contributed by atoms with Gasteiger partial charge in [0.15, 0.2) is 0 Å². The zero-order valence-corrected chi connectivity index (χ0v) is 28.5. The lowest BCUT2D eigenvalue weighted by molar-refractivity contribution is -0.152. The van der Waals surface area contributed by atoms with Crippen LogP contribution in [0, 0.1) is 11.3 Å². The molecule has 1 aliphatic rings. The summed E-state index contributed by atoms with van der Waals surface area (Å²) >= 11 is 6.17. The van der Waals surface area contributed by atoms with Gasteiger partial charge in [0.1, 0.15) is 31.0 Å². The van der Waals surface area contributed by atoms with Crippen molar-refractivity contribution in [2.75, 3.05) is 32.1 Å². The molecule has 5 rings (SSSR count). The third kappa shape index (κ3) is 8.58. The Balaban J connectivity index is 1.24. The Morgan fingerprint density at radius 3 is 2.32 bits per heavy atom. The second-order valence-electron chi connectivity index (χ2n) is 11.7. The topological polar surface area (TPSA) is 140 Å². The number of esters is 2. The van der Waals surface area contributed by atoms with Gasteiger partial charge in [-0.3, -0.25) is 23.9 Å². The fourth-order valence-corrected chi connectivity index (χ4v) is 6.02. The molecule has 1 saturated heterocycles. The van der Waals surface area contributed by atoms with E-state index >= 15 is 0 Å². The molecule has 1 aliphatic heterocycles. The van der Waals surface area contributed by atoms with Crippen molar-refractivity contribution in [2.24, 2.45) is 0 Å². The molecule has 50 heavy (non-hydrogen) atoms. The number of pyridine rings is 1. The van der Waals surface area contributed by atoms with Crippen LogP contribution in [0.1, 0.15) is 53.7 Å². The molecule has 1 amide bonds. The van der Waals surface area contributed by atoms with Gasteiger partial charge in [-0.05, 0) is 80.4 Å². The van der Waals surface area contributed by atoms with Crippen LogP contribution in [-0.4, -0.2) is 60.2 Å². The molecule has 1 unspecified atom stereocenters. The second kappa shape index (κ2) is 16.8. The molecule has 1 aromatic heterocycles. The average molecular weight is 697 g/mol. The summed E-state index contributed by atoms with van der Waals surface area (Å²) in [6, 6.07) is 22.0. The number of hydrogen-bond donors (Lipinski definition) is 1. The first-order chi connectivity index (χ1) is 24.2. The van der Waals surface area contributed by atoms with E-state index in [0.717, 1.165) is 18.4 Å². The first kappa shape index (κ1) is 35.9. The minimum atomic E-state index is -0.894. The first-order valence-electron chi connectivity index (χ1n) is 16.2. The molecule has 0 spiro atoms. The van der Waals surface area contributed by atoms with E-state index < -0.39 is 35.5 Å². The summed E-state index contributed by atoms with van der Waals surface area (Å²) in [4.78, 5) is 54.7. The Morgan fingerprint density at radius 1 is 0.940 bits per heavy atom. The van der Waals surface area contributed by atoms with E-state index in [9.17, 15) is 24.4 Å². The molecule has 11 nitrogen and oxygen atoms in total. The van der Waals surface area contributed by atoms with Crippen molar-refractivity contribution in [1.82, 2.24) is 9.47 Å². The van der Waals surface area contributed by atoms with Gasteiger partial charge >= 0.3 is 11.9 Å². The van der Waals surface area contributed by atoms with Gasteiger partial charge in [-0.1, -0.05) is 48.9 Å². The lowest BCUT2D eigenvalue weighted by Gasteiger charge is -2.25. The highest BCUT2D eigenvalue weighted by Gasteiger charge is 2.31. The molecular weight excluding hydrogens is 660 g/mol. The van der Waals surface area contributed by atoms with Crippen molar-refractivity contribution in [2.45, 2.75) is 44.9 Å². The third-order valence-corrected chi connectivity index (χ3v) is 8.75. The molecule has 0 radical (unpaired) electrons. The quantitative estimate of drug-likeness (QED) is 0.167. The van der Waals surface area contributed by atoms with E-state index in [1.807, 2.05) is 35.2 Å². The Labute approximate surface area is 294 Å². The van der Waals surface area contributed by atoms with E-state index in [0.29, 0.717) is 40.5 Å². The highest BCUT2D eigenvalue weighted by atomic mass is 35.5. The van der Waals surface area contributed by atoms with Crippen LogP contribution in [0.2, 0.25) is 5.02 Å². The summed E-state index contributed by atoms with van der Waals surface area (Å²) in [6.07, 6.45) is 3.62. The van der Waals surface area contributed by atoms with Crippen molar-refractivity contribution in [3.63, 3.8) is 0 Å². The number of carbonyl (C=O) groups is 3. The number of nitriles is 1. The third-order valence-electron chi connectivity index (χ3n) is 8.52. The standard InChI is InChI=1S/C38H37ClN4O7/c1-3-32(43-22-34(48-2)31(20-35(43)44)30-19-28(39)14-11-27(30)21-40)36(45)41-29-15-12-26(13-16-29)37(46)50-24-33(42-17-7-8-18-42)38(47)49-23-25-9-5-4-6-10-25/h4-6,9-16,19-20,22,32-33H,3,7-8,17-18,23-24H2,1-2H3,(H,41,45)/t32?,33-/m0/s1.